The molecule has 26 heavy (non-hydrogen) atoms. The van der Waals surface area contributed by atoms with Crippen LogP contribution in [0.1, 0.15) is 44.0 Å². The van der Waals surface area contributed by atoms with Gasteiger partial charge in [0.1, 0.15) is 0 Å². The van der Waals surface area contributed by atoms with Crippen molar-refractivity contribution in [1.29, 1.82) is 0 Å². The van der Waals surface area contributed by atoms with E-state index >= 15 is 0 Å². The maximum Gasteiger partial charge on any atom is 0.227 e. The molecule has 1 amide bonds. The fourth-order valence-electron chi connectivity index (χ4n) is 4.04. The Kier molecular flexibility index (Phi) is 5.97. The van der Waals surface area contributed by atoms with Crippen LogP contribution in [0.25, 0.3) is 0 Å². The molecule has 3 rings (SSSR count). The van der Waals surface area contributed by atoms with E-state index < -0.39 is 0 Å². The van der Waals surface area contributed by atoms with Crippen molar-refractivity contribution >= 4 is 17.4 Å². The lowest BCUT2D eigenvalue weighted by molar-refractivity contribution is -0.134. The van der Waals surface area contributed by atoms with Crippen molar-refractivity contribution in [2.45, 2.75) is 39.7 Å². The van der Waals surface area contributed by atoms with Crippen molar-refractivity contribution < 1.29 is 9.59 Å². The summed E-state index contributed by atoms with van der Waals surface area (Å²) < 4.78 is 0. The van der Waals surface area contributed by atoms with Gasteiger partial charge >= 0.3 is 0 Å². The number of nitrogens with zero attached hydrogens (tertiary/aromatic N) is 3. The minimum absolute atomic E-state index is 0.0858. The Morgan fingerprint density at radius 1 is 1.00 bits per heavy atom. The molecular formula is C21H31N3O2. The number of carbonyl (C=O) groups is 2. The summed E-state index contributed by atoms with van der Waals surface area (Å²) in [5, 5.41) is 0. The number of anilines is 1. The fraction of sp³-hybridized carbons (Fsp3) is 0.619. The average molecular weight is 357 g/mol. The normalized spacial score (nSPS) is 21.9. The summed E-state index contributed by atoms with van der Waals surface area (Å²) in [5.74, 6) is 0.495. The van der Waals surface area contributed by atoms with E-state index in [9.17, 15) is 9.59 Å². The first-order valence-corrected chi connectivity index (χ1v) is 9.84. The number of amides is 1. The molecule has 0 bridgehead atoms. The minimum atomic E-state index is 0.0858. The van der Waals surface area contributed by atoms with E-state index in [1.165, 1.54) is 0 Å². The molecule has 142 valence electrons. The third-order valence-corrected chi connectivity index (χ3v) is 5.75. The van der Waals surface area contributed by atoms with E-state index in [2.05, 4.69) is 28.5 Å². The highest BCUT2D eigenvalue weighted by Crippen LogP contribution is 2.26. The number of Topliss-reactive ketones (excluding diaryl/α,β-unsaturated/α-hetero) is 1. The van der Waals surface area contributed by atoms with Gasteiger partial charge in [-0.25, -0.2) is 0 Å². The van der Waals surface area contributed by atoms with Crippen LogP contribution in [0.5, 0.6) is 0 Å². The zero-order valence-corrected chi connectivity index (χ0v) is 16.3. The molecule has 2 aliphatic rings. The molecule has 0 aromatic heterocycles. The van der Waals surface area contributed by atoms with Gasteiger partial charge < -0.3 is 9.80 Å². The zero-order valence-electron chi connectivity index (χ0n) is 16.3. The van der Waals surface area contributed by atoms with Crippen LogP contribution in [0.3, 0.4) is 0 Å². The minimum Gasteiger partial charge on any atom is -0.371 e. The molecule has 2 saturated heterocycles. The highest BCUT2D eigenvalue weighted by molar-refractivity contribution is 5.94. The molecule has 0 N–H and O–H groups in total. The summed E-state index contributed by atoms with van der Waals surface area (Å²) in [4.78, 5) is 31.2. The standard InChI is InChI=1S/C21H31N3O2/c1-16(2)22-10-4-11-23(14-13-22)21(26)19-9-12-24(15-19)20-7-5-18(6-8-20)17(3)25/h5-8,16,19H,4,9-15H2,1-3H3/t19-/m0/s1. The Labute approximate surface area is 156 Å². The van der Waals surface area contributed by atoms with Crippen LogP contribution < -0.4 is 4.90 Å². The van der Waals surface area contributed by atoms with Crippen LogP contribution in [0.15, 0.2) is 24.3 Å². The number of rotatable bonds is 4. The Bertz CT molecular complexity index is 641. The van der Waals surface area contributed by atoms with Crippen molar-refractivity contribution in [1.82, 2.24) is 9.80 Å². The van der Waals surface area contributed by atoms with E-state index in [0.29, 0.717) is 11.9 Å². The Morgan fingerprint density at radius 2 is 1.73 bits per heavy atom. The van der Waals surface area contributed by atoms with Crippen LogP contribution >= 0.6 is 0 Å². The SMILES string of the molecule is CC(=O)c1ccc(N2CC[C@H](C(=O)N3CCCN(C(C)C)CC3)C2)cc1. The smallest absolute Gasteiger partial charge is 0.227 e. The predicted molar refractivity (Wildman–Crippen MR) is 105 cm³/mol. The number of carbonyl (C=O) groups excluding carboxylic acids is 2. The third kappa shape index (κ3) is 4.26. The van der Waals surface area contributed by atoms with E-state index in [1.807, 2.05) is 24.3 Å². The predicted octanol–water partition coefficient (Wildman–Crippen LogP) is 2.66. The molecule has 5 heteroatoms. The van der Waals surface area contributed by atoms with E-state index in [-0.39, 0.29) is 11.7 Å². The Balaban J connectivity index is 1.57. The summed E-state index contributed by atoms with van der Waals surface area (Å²) in [7, 11) is 0. The lowest BCUT2D eigenvalue weighted by Crippen LogP contribution is -2.40. The van der Waals surface area contributed by atoms with Gasteiger partial charge in [-0.3, -0.25) is 14.5 Å². The summed E-state index contributed by atoms with van der Waals surface area (Å²) in [6, 6.07) is 8.29. The van der Waals surface area contributed by atoms with Crippen LogP contribution in [0, 0.1) is 5.92 Å². The van der Waals surface area contributed by atoms with Crippen molar-refractivity contribution in [3.8, 4) is 0 Å². The van der Waals surface area contributed by atoms with Gasteiger partial charge in [-0.05, 0) is 57.9 Å². The molecular weight excluding hydrogens is 326 g/mol. The van der Waals surface area contributed by atoms with Gasteiger partial charge in [0.25, 0.3) is 0 Å². The first-order chi connectivity index (χ1) is 12.5. The molecule has 0 spiro atoms. The lowest BCUT2D eigenvalue weighted by atomic mass is 10.1. The molecule has 0 aliphatic carbocycles. The van der Waals surface area contributed by atoms with Gasteiger partial charge in [-0.1, -0.05) is 0 Å². The van der Waals surface area contributed by atoms with Gasteiger partial charge in [-0.15, -0.1) is 0 Å². The highest BCUT2D eigenvalue weighted by atomic mass is 16.2. The number of ketones is 1. The summed E-state index contributed by atoms with van der Waals surface area (Å²) >= 11 is 0. The largest absolute Gasteiger partial charge is 0.371 e. The van der Waals surface area contributed by atoms with Crippen molar-refractivity contribution in [3.63, 3.8) is 0 Å². The number of hydrogen-bond acceptors (Lipinski definition) is 4. The fourth-order valence-corrected chi connectivity index (χ4v) is 4.04. The highest BCUT2D eigenvalue weighted by Gasteiger charge is 2.32. The third-order valence-electron chi connectivity index (χ3n) is 5.75. The van der Waals surface area contributed by atoms with Gasteiger partial charge in [0.2, 0.25) is 5.91 Å². The molecule has 1 aromatic rings. The average Bonchev–Trinajstić information content (AvgIpc) is 2.98. The maximum atomic E-state index is 13.0. The lowest BCUT2D eigenvalue weighted by Gasteiger charge is -2.26. The molecule has 0 saturated carbocycles. The van der Waals surface area contributed by atoms with E-state index in [4.69, 9.17) is 0 Å². The van der Waals surface area contributed by atoms with Crippen LogP contribution in [0.4, 0.5) is 5.69 Å². The van der Waals surface area contributed by atoms with Gasteiger partial charge in [0.15, 0.2) is 5.78 Å². The van der Waals surface area contributed by atoms with Gasteiger partial charge in [-0.2, -0.15) is 0 Å². The molecule has 5 nitrogen and oxygen atoms in total. The monoisotopic (exact) mass is 357 g/mol. The summed E-state index contributed by atoms with van der Waals surface area (Å²) in [5.41, 5.74) is 1.84. The Hall–Kier alpha value is -1.88. The van der Waals surface area contributed by atoms with Gasteiger partial charge in [0, 0.05) is 56.6 Å². The van der Waals surface area contributed by atoms with Crippen LogP contribution in [-0.2, 0) is 4.79 Å². The topological polar surface area (TPSA) is 43.9 Å². The van der Waals surface area contributed by atoms with Crippen molar-refractivity contribution in [2.24, 2.45) is 5.92 Å². The molecule has 1 aromatic carbocycles. The molecule has 0 radical (unpaired) electrons. The van der Waals surface area contributed by atoms with Gasteiger partial charge in [0.05, 0.1) is 5.92 Å². The first kappa shape index (κ1) is 18.9. The second-order valence-corrected chi connectivity index (χ2v) is 7.84. The summed E-state index contributed by atoms with van der Waals surface area (Å²) in [6.45, 7) is 11.5. The first-order valence-electron chi connectivity index (χ1n) is 9.84. The van der Waals surface area contributed by atoms with Crippen molar-refractivity contribution in [3.05, 3.63) is 29.8 Å². The molecule has 2 heterocycles. The zero-order chi connectivity index (χ0) is 18.7. The number of benzene rings is 1. The molecule has 0 unspecified atom stereocenters. The maximum absolute atomic E-state index is 13.0. The quantitative estimate of drug-likeness (QED) is 0.777. The number of hydrogen-bond donors (Lipinski definition) is 0. The Morgan fingerprint density at radius 3 is 2.38 bits per heavy atom. The molecule has 1 atom stereocenters. The van der Waals surface area contributed by atoms with Crippen LogP contribution in [-0.4, -0.2) is 66.8 Å². The summed E-state index contributed by atoms with van der Waals surface area (Å²) in [6.07, 6.45) is 1.98. The van der Waals surface area contributed by atoms with E-state index in [0.717, 1.165) is 63.4 Å². The van der Waals surface area contributed by atoms with Crippen molar-refractivity contribution in [2.75, 3.05) is 44.2 Å². The molecule has 2 fully saturated rings. The van der Waals surface area contributed by atoms with Crippen LogP contribution in [0.2, 0.25) is 0 Å². The second-order valence-electron chi connectivity index (χ2n) is 7.84. The second kappa shape index (κ2) is 8.21. The molecule has 2 aliphatic heterocycles. The van der Waals surface area contributed by atoms with E-state index in [1.54, 1.807) is 6.92 Å².